The summed E-state index contributed by atoms with van der Waals surface area (Å²) in [6, 6.07) is 4.13. The summed E-state index contributed by atoms with van der Waals surface area (Å²) in [5, 5.41) is 9.58. The lowest BCUT2D eigenvalue weighted by Crippen LogP contribution is -2.37. The molecule has 0 aliphatic carbocycles. The highest BCUT2D eigenvalue weighted by Crippen LogP contribution is 2.24. The lowest BCUT2D eigenvalue weighted by atomic mass is 9.92. The van der Waals surface area contributed by atoms with Gasteiger partial charge >= 0.3 is 0 Å². The molecule has 3 N–H and O–H groups in total. The number of hydrogen-bond acceptors (Lipinski definition) is 4. The van der Waals surface area contributed by atoms with Crippen molar-refractivity contribution in [1.82, 2.24) is 4.98 Å². The van der Waals surface area contributed by atoms with Crippen molar-refractivity contribution in [2.24, 2.45) is 11.7 Å². The third-order valence-corrected chi connectivity index (χ3v) is 3.84. The van der Waals surface area contributed by atoms with E-state index in [0.29, 0.717) is 5.92 Å². The summed E-state index contributed by atoms with van der Waals surface area (Å²) in [6.07, 6.45) is 3.74. The zero-order valence-corrected chi connectivity index (χ0v) is 11.2. The standard InChI is InChI=1S/C14H23N3O/c1-10(15)13-3-4-14(16-9-13)17-7-5-12(6-8-17)11(2)18/h3-4,9-12,18H,5-8,15H2,1-2H3/t10-,11?/m0/s1. The van der Waals surface area contributed by atoms with Gasteiger partial charge in [-0.2, -0.15) is 0 Å². The van der Waals surface area contributed by atoms with E-state index >= 15 is 0 Å². The Bertz CT molecular complexity index is 367. The largest absolute Gasteiger partial charge is 0.393 e. The molecule has 0 amide bonds. The van der Waals surface area contributed by atoms with Gasteiger partial charge in [0, 0.05) is 25.3 Å². The molecule has 0 aromatic carbocycles. The van der Waals surface area contributed by atoms with E-state index in [1.165, 1.54) is 0 Å². The van der Waals surface area contributed by atoms with Gasteiger partial charge in [-0.15, -0.1) is 0 Å². The van der Waals surface area contributed by atoms with Crippen LogP contribution in [0.2, 0.25) is 0 Å². The molecular weight excluding hydrogens is 226 g/mol. The van der Waals surface area contributed by atoms with E-state index in [9.17, 15) is 5.11 Å². The topological polar surface area (TPSA) is 62.4 Å². The van der Waals surface area contributed by atoms with Crippen molar-refractivity contribution in [1.29, 1.82) is 0 Å². The average molecular weight is 249 g/mol. The van der Waals surface area contributed by atoms with E-state index < -0.39 is 0 Å². The van der Waals surface area contributed by atoms with E-state index in [-0.39, 0.29) is 12.1 Å². The molecule has 4 nitrogen and oxygen atoms in total. The highest BCUT2D eigenvalue weighted by molar-refractivity contribution is 5.40. The molecule has 0 spiro atoms. The van der Waals surface area contributed by atoms with Crippen LogP contribution in [0.5, 0.6) is 0 Å². The van der Waals surface area contributed by atoms with Gasteiger partial charge in [-0.3, -0.25) is 0 Å². The third kappa shape index (κ3) is 3.00. The number of anilines is 1. The molecule has 2 atom stereocenters. The second-order valence-electron chi connectivity index (χ2n) is 5.30. The van der Waals surface area contributed by atoms with E-state index in [0.717, 1.165) is 37.3 Å². The quantitative estimate of drug-likeness (QED) is 0.856. The second kappa shape index (κ2) is 5.67. The molecule has 1 fully saturated rings. The number of aliphatic hydroxyl groups excluding tert-OH is 1. The minimum Gasteiger partial charge on any atom is -0.393 e. The molecule has 0 bridgehead atoms. The Balaban J connectivity index is 1.97. The first-order valence-electron chi connectivity index (χ1n) is 6.72. The molecule has 1 aliphatic rings. The second-order valence-corrected chi connectivity index (χ2v) is 5.30. The molecular formula is C14H23N3O. The Morgan fingerprint density at radius 2 is 2.00 bits per heavy atom. The van der Waals surface area contributed by atoms with Gasteiger partial charge in [0.05, 0.1) is 6.10 Å². The number of hydrogen-bond donors (Lipinski definition) is 2. The Labute approximate surface area is 109 Å². The van der Waals surface area contributed by atoms with Crippen LogP contribution < -0.4 is 10.6 Å². The SMILES string of the molecule is CC(O)C1CCN(c2ccc([C@H](C)N)cn2)CC1. The summed E-state index contributed by atoms with van der Waals surface area (Å²) in [5.41, 5.74) is 6.88. The van der Waals surface area contributed by atoms with E-state index in [2.05, 4.69) is 9.88 Å². The van der Waals surface area contributed by atoms with Gasteiger partial charge in [0.25, 0.3) is 0 Å². The van der Waals surface area contributed by atoms with Crippen LogP contribution in [0, 0.1) is 5.92 Å². The van der Waals surface area contributed by atoms with Crippen LogP contribution in [-0.2, 0) is 0 Å². The fourth-order valence-electron chi connectivity index (χ4n) is 2.46. The molecule has 2 heterocycles. The number of aliphatic hydroxyl groups is 1. The van der Waals surface area contributed by atoms with Crippen molar-refractivity contribution in [2.45, 2.75) is 38.8 Å². The molecule has 0 radical (unpaired) electrons. The average Bonchev–Trinajstić information content (AvgIpc) is 2.39. The van der Waals surface area contributed by atoms with Crippen LogP contribution in [0.15, 0.2) is 18.3 Å². The Morgan fingerprint density at radius 1 is 1.33 bits per heavy atom. The maximum absolute atomic E-state index is 9.58. The number of rotatable bonds is 3. The van der Waals surface area contributed by atoms with E-state index in [4.69, 9.17) is 5.73 Å². The van der Waals surface area contributed by atoms with Gasteiger partial charge in [-0.25, -0.2) is 4.98 Å². The van der Waals surface area contributed by atoms with Crippen LogP contribution in [0.1, 0.15) is 38.3 Å². The van der Waals surface area contributed by atoms with Crippen molar-refractivity contribution in [2.75, 3.05) is 18.0 Å². The van der Waals surface area contributed by atoms with Gasteiger partial charge in [0.15, 0.2) is 0 Å². The zero-order valence-electron chi connectivity index (χ0n) is 11.2. The summed E-state index contributed by atoms with van der Waals surface area (Å²) in [6.45, 7) is 5.79. The Morgan fingerprint density at radius 3 is 2.44 bits per heavy atom. The predicted octanol–water partition coefficient (Wildman–Crippen LogP) is 1.70. The fraction of sp³-hybridized carbons (Fsp3) is 0.643. The number of nitrogens with zero attached hydrogens (tertiary/aromatic N) is 2. The van der Waals surface area contributed by atoms with E-state index in [1.807, 2.05) is 32.2 Å². The first-order chi connectivity index (χ1) is 8.58. The van der Waals surface area contributed by atoms with Gasteiger partial charge < -0.3 is 15.7 Å². The molecule has 1 aromatic rings. The molecule has 1 saturated heterocycles. The third-order valence-electron chi connectivity index (χ3n) is 3.84. The predicted molar refractivity (Wildman–Crippen MR) is 73.5 cm³/mol. The maximum Gasteiger partial charge on any atom is 0.128 e. The summed E-state index contributed by atoms with van der Waals surface area (Å²) in [4.78, 5) is 6.76. The number of pyridine rings is 1. The molecule has 2 rings (SSSR count). The van der Waals surface area contributed by atoms with Gasteiger partial charge in [-0.05, 0) is 44.2 Å². The van der Waals surface area contributed by atoms with Crippen LogP contribution in [0.3, 0.4) is 0 Å². The van der Waals surface area contributed by atoms with Crippen LogP contribution in [0.4, 0.5) is 5.82 Å². The van der Waals surface area contributed by atoms with Crippen molar-refractivity contribution in [3.8, 4) is 0 Å². The summed E-state index contributed by atoms with van der Waals surface area (Å²) in [7, 11) is 0. The Hall–Kier alpha value is -1.13. The first kappa shape index (κ1) is 13.3. The molecule has 1 aromatic heterocycles. The van der Waals surface area contributed by atoms with Gasteiger partial charge in [-0.1, -0.05) is 6.07 Å². The summed E-state index contributed by atoms with van der Waals surface area (Å²) in [5.74, 6) is 1.45. The fourth-order valence-corrected chi connectivity index (χ4v) is 2.46. The van der Waals surface area contributed by atoms with Crippen molar-refractivity contribution < 1.29 is 5.11 Å². The Kier molecular flexibility index (Phi) is 4.19. The van der Waals surface area contributed by atoms with E-state index in [1.54, 1.807) is 0 Å². The van der Waals surface area contributed by atoms with Crippen LogP contribution >= 0.6 is 0 Å². The highest BCUT2D eigenvalue weighted by atomic mass is 16.3. The van der Waals surface area contributed by atoms with Crippen LogP contribution in [-0.4, -0.2) is 29.3 Å². The minimum atomic E-state index is -0.194. The zero-order chi connectivity index (χ0) is 13.1. The first-order valence-corrected chi connectivity index (χ1v) is 6.72. The smallest absolute Gasteiger partial charge is 0.128 e. The molecule has 0 saturated carbocycles. The van der Waals surface area contributed by atoms with Gasteiger partial charge in [0.2, 0.25) is 0 Å². The minimum absolute atomic E-state index is 0.0347. The van der Waals surface area contributed by atoms with Crippen molar-refractivity contribution in [3.05, 3.63) is 23.9 Å². The molecule has 18 heavy (non-hydrogen) atoms. The number of aromatic nitrogens is 1. The molecule has 1 aliphatic heterocycles. The normalized spacial score (nSPS) is 20.8. The summed E-state index contributed by atoms with van der Waals surface area (Å²) < 4.78 is 0. The summed E-state index contributed by atoms with van der Waals surface area (Å²) >= 11 is 0. The number of nitrogens with two attached hydrogens (primary N) is 1. The lowest BCUT2D eigenvalue weighted by Gasteiger charge is -2.34. The maximum atomic E-state index is 9.58. The molecule has 4 heteroatoms. The molecule has 1 unspecified atom stereocenters. The number of piperidine rings is 1. The van der Waals surface area contributed by atoms with Crippen molar-refractivity contribution in [3.63, 3.8) is 0 Å². The van der Waals surface area contributed by atoms with Crippen LogP contribution in [0.25, 0.3) is 0 Å². The van der Waals surface area contributed by atoms with Gasteiger partial charge in [0.1, 0.15) is 5.82 Å². The van der Waals surface area contributed by atoms with Crippen molar-refractivity contribution >= 4 is 5.82 Å². The highest BCUT2D eigenvalue weighted by Gasteiger charge is 2.23. The monoisotopic (exact) mass is 249 g/mol. The lowest BCUT2D eigenvalue weighted by molar-refractivity contribution is 0.110. The molecule has 100 valence electrons.